The van der Waals surface area contributed by atoms with Crippen molar-refractivity contribution in [3.8, 4) is 0 Å². The normalized spacial score (nSPS) is 17.5. The number of amides is 3. The molecule has 3 amide bonds. The predicted octanol–water partition coefficient (Wildman–Crippen LogP) is 4.57. The van der Waals surface area contributed by atoms with E-state index in [1.807, 2.05) is 30.3 Å². The van der Waals surface area contributed by atoms with Gasteiger partial charge in [-0.2, -0.15) is 0 Å². The number of anilines is 1. The molecule has 0 radical (unpaired) electrons. The minimum Gasteiger partial charge on any atom is -0.350 e. The van der Waals surface area contributed by atoms with Gasteiger partial charge in [0.2, 0.25) is 0 Å². The number of hydrogen-bond donors (Lipinski definition) is 2. The van der Waals surface area contributed by atoms with Crippen LogP contribution < -0.4 is 10.6 Å². The predicted molar refractivity (Wildman–Crippen MR) is 124 cm³/mol. The molecule has 0 atom stereocenters. The first kappa shape index (κ1) is 22.1. The van der Waals surface area contributed by atoms with E-state index in [-0.39, 0.29) is 29.2 Å². The first-order valence-corrected chi connectivity index (χ1v) is 11.4. The monoisotopic (exact) mass is 451 g/mol. The molecule has 4 rings (SSSR count). The van der Waals surface area contributed by atoms with Crippen LogP contribution in [0.3, 0.4) is 0 Å². The maximum Gasteiger partial charge on any atom is 0.279 e. The quantitative estimate of drug-likeness (QED) is 0.498. The zero-order valence-electron chi connectivity index (χ0n) is 17.8. The molecule has 0 aromatic heterocycles. The van der Waals surface area contributed by atoms with Gasteiger partial charge in [-0.3, -0.25) is 19.3 Å². The standard InChI is InChI=1S/C25H26ClN3O3/c26-21-22(25(32)29(24(21)31)16-17-9-4-3-5-10-17)27-20-14-8-11-18(15-20)23(30)28-19-12-6-1-2-7-13-19/h3-5,8-11,14-15,19,27H,1-2,6-7,12-13,16H2,(H,28,30). The van der Waals surface area contributed by atoms with E-state index in [1.165, 1.54) is 12.8 Å². The molecule has 0 saturated heterocycles. The summed E-state index contributed by atoms with van der Waals surface area (Å²) in [6.45, 7) is 0.143. The minimum atomic E-state index is -0.537. The maximum absolute atomic E-state index is 12.9. The molecule has 2 N–H and O–H groups in total. The van der Waals surface area contributed by atoms with Gasteiger partial charge < -0.3 is 10.6 Å². The lowest BCUT2D eigenvalue weighted by Gasteiger charge is -2.17. The van der Waals surface area contributed by atoms with Crippen LogP contribution in [0.15, 0.2) is 65.3 Å². The largest absolute Gasteiger partial charge is 0.350 e. The SMILES string of the molecule is O=C(NC1CCCCCC1)c1cccc(NC2=C(Cl)C(=O)N(Cc3ccccc3)C2=O)c1. The number of imide groups is 1. The smallest absolute Gasteiger partial charge is 0.279 e. The van der Waals surface area contributed by atoms with Crippen LogP contribution in [-0.2, 0) is 16.1 Å². The van der Waals surface area contributed by atoms with Crippen LogP contribution in [0.1, 0.15) is 54.4 Å². The van der Waals surface area contributed by atoms with Gasteiger partial charge in [0.1, 0.15) is 10.7 Å². The molecule has 6 nitrogen and oxygen atoms in total. The third-order valence-corrected chi connectivity index (χ3v) is 6.23. The third-order valence-electron chi connectivity index (χ3n) is 5.88. The van der Waals surface area contributed by atoms with Crippen molar-refractivity contribution in [2.24, 2.45) is 0 Å². The summed E-state index contributed by atoms with van der Waals surface area (Å²) in [5, 5.41) is 5.92. The summed E-state index contributed by atoms with van der Waals surface area (Å²) in [5.41, 5.74) is 1.87. The number of benzene rings is 2. The van der Waals surface area contributed by atoms with E-state index in [1.54, 1.807) is 24.3 Å². The van der Waals surface area contributed by atoms with E-state index in [2.05, 4.69) is 10.6 Å². The summed E-state index contributed by atoms with van der Waals surface area (Å²) in [7, 11) is 0. The number of halogens is 1. The van der Waals surface area contributed by atoms with Gasteiger partial charge in [-0.25, -0.2) is 0 Å². The molecular formula is C25H26ClN3O3. The van der Waals surface area contributed by atoms with E-state index in [9.17, 15) is 14.4 Å². The third kappa shape index (κ3) is 5.02. The molecule has 1 saturated carbocycles. The van der Waals surface area contributed by atoms with Crippen LogP contribution in [0.5, 0.6) is 0 Å². The molecule has 2 aliphatic rings. The second-order valence-electron chi connectivity index (χ2n) is 8.24. The van der Waals surface area contributed by atoms with Gasteiger partial charge in [0, 0.05) is 17.3 Å². The van der Waals surface area contributed by atoms with Crippen LogP contribution in [0.2, 0.25) is 0 Å². The molecule has 2 aromatic carbocycles. The Labute approximate surface area is 192 Å². The van der Waals surface area contributed by atoms with Crippen LogP contribution >= 0.6 is 11.6 Å². The van der Waals surface area contributed by atoms with Crippen LogP contribution in [0.25, 0.3) is 0 Å². The average molecular weight is 452 g/mol. The van der Waals surface area contributed by atoms with Crippen molar-refractivity contribution < 1.29 is 14.4 Å². The van der Waals surface area contributed by atoms with E-state index in [4.69, 9.17) is 11.6 Å². The molecule has 1 aliphatic heterocycles. The Balaban J connectivity index is 1.45. The number of carbonyl (C=O) groups excluding carboxylic acids is 3. The average Bonchev–Trinajstić information content (AvgIpc) is 3.00. The van der Waals surface area contributed by atoms with Gasteiger partial charge in [-0.1, -0.05) is 73.7 Å². The highest BCUT2D eigenvalue weighted by atomic mass is 35.5. The highest BCUT2D eigenvalue weighted by Crippen LogP contribution is 2.27. The molecule has 0 unspecified atom stereocenters. The fraction of sp³-hybridized carbons (Fsp3) is 0.320. The first-order chi connectivity index (χ1) is 15.5. The first-order valence-electron chi connectivity index (χ1n) is 11.0. The molecule has 7 heteroatoms. The van der Waals surface area contributed by atoms with E-state index < -0.39 is 11.8 Å². The molecule has 166 valence electrons. The molecule has 0 bridgehead atoms. The van der Waals surface area contributed by atoms with Gasteiger partial charge in [0.05, 0.1) is 6.54 Å². The Bertz CT molecular complexity index is 1040. The number of rotatable bonds is 6. The summed E-state index contributed by atoms with van der Waals surface area (Å²) in [5.74, 6) is -1.16. The van der Waals surface area contributed by atoms with Crippen LogP contribution in [-0.4, -0.2) is 28.7 Å². The maximum atomic E-state index is 12.9. The van der Waals surface area contributed by atoms with Crippen molar-refractivity contribution in [2.75, 3.05) is 5.32 Å². The molecule has 32 heavy (non-hydrogen) atoms. The van der Waals surface area contributed by atoms with Crippen molar-refractivity contribution in [3.63, 3.8) is 0 Å². The van der Waals surface area contributed by atoms with Crippen LogP contribution in [0.4, 0.5) is 5.69 Å². The lowest BCUT2D eigenvalue weighted by atomic mass is 10.1. The zero-order valence-corrected chi connectivity index (χ0v) is 18.5. The second-order valence-corrected chi connectivity index (χ2v) is 8.62. The highest BCUT2D eigenvalue weighted by molar-refractivity contribution is 6.48. The van der Waals surface area contributed by atoms with Crippen molar-refractivity contribution in [3.05, 3.63) is 76.5 Å². The number of carbonyl (C=O) groups is 3. The summed E-state index contributed by atoms with van der Waals surface area (Å²) in [6, 6.07) is 16.3. The second kappa shape index (κ2) is 10.0. The Hall–Kier alpha value is -3.12. The number of nitrogens with zero attached hydrogens (tertiary/aromatic N) is 1. The molecule has 1 aliphatic carbocycles. The van der Waals surface area contributed by atoms with Crippen molar-refractivity contribution in [1.29, 1.82) is 0 Å². The Morgan fingerprint density at radius 1 is 0.938 bits per heavy atom. The zero-order chi connectivity index (χ0) is 22.5. The van der Waals surface area contributed by atoms with Crippen molar-refractivity contribution in [1.82, 2.24) is 10.2 Å². The van der Waals surface area contributed by atoms with Crippen molar-refractivity contribution in [2.45, 2.75) is 51.1 Å². The Kier molecular flexibility index (Phi) is 6.90. The molecule has 1 heterocycles. The van der Waals surface area contributed by atoms with Crippen LogP contribution in [0, 0.1) is 0 Å². The number of hydrogen-bond acceptors (Lipinski definition) is 4. The fourth-order valence-electron chi connectivity index (χ4n) is 4.14. The molecular weight excluding hydrogens is 426 g/mol. The summed E-state index contributed by atoms with van der Waals surface area (Å²) in [4.78, 5) is 39.3. The Morgan fingerprint density at radius 2 is 1.66 bits per heavy atom. The van der Waals surface area contributed by atoms with Gasteiger partial charge in [-0.05, 0) is 36.6 Å². The number of nitrogens with one attached hydrogen (secondary N) is 2. The van der Waals surface area contributed by atoms with Gasteiger partial charge in [0.15, 0.2) is 0 Å². The topological polar surface area (TPSA) is 78.5 Å². The molecule has 0 spiro atoms. The molecule has 2 aromatic rings. The van der Waals surface area contributed by atoms with Gasteiger partial charge in [-0.15, -0.1) is 0 Å². The lowest BCUT2D eigenvalue weighted by molar-refractivity contribution is -0.138. The van der Waals surface area contributed by atoms with E-state index in [0.717, 1.165) is 36.1 Å². The van der Waals surface area contributed by atoms with E-state index >= 15 is 0 Å². The van der Waals surface area contributed by atoms with E-state index in [0.29, 0.717) is 11.3 Å². The minimum absolute atomic E-state index is 0.0222. The summed E-state index contributed by atoms with van der Waals surface area (Å²) >= 11 is 6.21. The lowest BCUT2D eigenvalue weighted by Crippen LogP contribution is -2.34. The fourth-order valence-corrected chi connectivity index (χ4v) is 4.37. The summed E-state index contributed by atoms with van der Waals surface area (Å²) in [6.07, 6.45) is 6.70. The van der Waals surface area contributed by atoms with Crippen molar-refractivity contribution >= 4 is 35.0 Å². The molecule has 1 fully saturated rings. The summed E-state index contributed by atoms with van der Waals surface area (Å²) < 4.78 is 0. The highest BCUT2D eigenvalue weighted by Gasteiger charge is 2.37. The Morgan fingerprint density at radius 3 is 2.38 bits per heavy atom. The van der Waals surface area contributed by atoms with Gasteiger partial charge in [0.25, 0.3) is 17.7 Å². The van der Waals surface area contributed by atoms with Gasteiger partial charge >= 0.3 is 0 Å².